The third-order valence-electron chi connectivity index (χ3n) is 5.42. The minimum atomic E-state index is -3.83. The molecule has 2 amide bonds. The molecule has 0 unspecified atom stereocenters. The number of ether oxygens (including phenoxy) is 1. The van der Waals surface area contributed by atoms with Gasteiger partial charge in [0.05, 0.1) is 11.7 Å². The van der Waals surface area contributed by atoms with Crippen LogP contribution in [0.4, 0.5) is 5.69 Å². The summed E-state index contributed by atoms with van der Waals surface area (Å²) in [6.07, 6.45) is 5.20. The molecule has 1 heterocycles. The Kier molecular flexibility index (Phi) is 5.76. The molecule has 0 bridgehead atoms. The highest BCUT2D eigenvalue weighted by Gasteiger charge is 2.40. The van der Waals surface area contributed by atoms with Crippen LogP contribution < -0.4 is 10.1 Å². The number of nitrogens with one attached hydrogen (secondary N) is 1. The summed E-state index contributed by atoms with van der Waals surface area (Å²) in [6, 6.07) is 13.4. The predicted molar refractivity (Wildman–Crippen MR) is 112 cm³/mol. The van der Waals surface area contributed by atoms with Crippen LogP contribution >= 0.6 is 0 Å². The van der Waals surface area contributed by atoms with E-state index >= 15 is 0 Å². The number of sulfonamides is 1. The van der Waals surface area contributed by atoms with Crippen molar-refractivity contribution in [2.24, 2.45) is 0 Å². The van der Waals surface area contributed by atoms with Gasteiger partial charge in [0, 0.05) is 18.7 Å². The zero-order chi connectivity index (χ0) is 21.1. The van der Waals surface area contributed by atoms with Gasteiger partial charge in [0.1, 0.15) is 10.6 Å². The first-order chi connectivity index (χ1) is 14.4. The van der Waals surface area contributed by atoms with Crippen molar-refractivity contribution in [1.29, 1.82) is 0 Å². The first-order valence-electron chi connectivity index (χ1n) is 10.2. The lowest BCUT2D eigenvalue weighted by atomic mass is 10.2. The molecular formula is C22H24N2O5S. The van der Waals surface area contributed by atoms with Crippen LogP contribution in [0.2, 0.25) is 0 Å². The third kappa shape index (κ3) is 4.18. The molecule has 0 saturated heterocycles. The molecule has 158 valence electrons. The SMILES string of the molecule is O=C(CCCN1C(=O)c2ccccc2S1(=O)=O)Nc1ccc(OC2CCCC2)cc1. The summed E-state index contributed by atoms with van der Waals surface area (Å²) in [5.74, 6) is 0.0158. The number of carbonyl (C=O) groups is 2. The van der Waals surface area contributed by atoms with Gasteiger partial charge in [-0.1, -0.05) is 12.1 Å². The van der Waals surface area contributed by atoms with Crippen molar-refractivity contribution in [3.8, 4) is 5.75 Å². The molecule has 8 heteroatoms. The van der Waals surface area contributed by atoms with Crippen LogP contribution in [-0.4, -0.2) is 37.2 Å². The van der Waals surface area contributed by atoms with Crippen LogP contribution in [0.1, 0.15) is 48.9 Å². The molecule has 4 rings (SSSR count). The van der Waals surface area contributed by atoms with Gasteiger partial charge in [-0.2, -0.15) is 0 Å². The first kappa shape index (κ1) is 20.4. The van der Waals surface area contributed by atoms with Gasteiger partial charge in [0.2, 0.25) is 5.91 Å². The van der Waals surface area contributed by atoms with Crippen molar-refractivity contribution >= 4 is 27.5 Å². The van der Waals surface area contributed by atoms with E-state index in [2.05, 4.69) is 5.32 Å². The Morgan fingerprint density at radius 3 is 2.47 bits per heavy atom. The Morgan fingerprint density at radius 2 is 1.77 bits per heavy atom. The lowest BCUT2D eigenvalue weighted by Crippen LogP contribution is -2.31. The summed E-state index contributed by atoms with van der Waals surface area (Å²) in [5, 5.41) is 2.79. The molecule has 2 aromatic carbocycles. The summed E-state index contributed by atoms with van der Waals surface area (Å²) < 4.78 is 31.8. The highest BCUT2D eigenvalue weighted by molar-refractivity contribution is 7.90. The molecule has 1 saturated carbocycles. The minimum Gasteiger partial charge on any atom is -0.490 e. The fourth-order valence-electron chi connectivity index (χ4n) is 3.87. The van der Waals surface area contributed by atoms with Gasteiger partial charge in [-0.05, 0) is 68.5 Å². The largest absolute Gasteiger partial charge is 0.490 e. The maximum Gasteiger partial charge on any atom is 0.269 e. The number of carbonyl (C=O) groups excluding carboxylic acids is 2. The van der Waals surface area contributed by atoms with Gasteiger partial charge in [0.25, 0.3) is 15.9 Å². The molecule has 0 spiro atoms. The number of fused-ring (bicyclic) bond motifs is 1. The second-order valence-electron chi connectivity index (χ2n) is 7.58. The molecule has 2 aromatic rings. The van der Waals surface area contributed by atoms with Crippen LogP contribution in [0.5, 0.6) is 5.75 Å². The van der Waals surface area contributed by atoms with Crippen LogP contribution in [0, 0.1) is 0 Å². The van der Waals surface area contributed by atoms with Gasteiger partial charge in [-0.15, -0.1) is 0 Å². The summed E-state index contributed by atoms with van der Waals surface area (Å²) in [5.41, 5.74) is 0.831. The average molecular weight is 429 g/mol. The maximum absolute atomic E-state index is 12.5. The molecular weight excluding hydrogens is 404 g/mol. The third-order valence-corrected chi connectivity index (χ3v) is 7.26. The topological polar surface area (TPSA) is 92.8 Å². The van der Waals surface area contributed by atoms with Gasteiger partial charge in [-0.25, -0.2) is 12.7 Å². The summed E-state index contributed by atoms with van der Waals surface area (Å²) in [7, 11) is -3.83. The van der Waals surface area contributed by atoms with E-state index in [1.54, 1.807) is 24.3 Å². The molecule has 0 radical (unpaired) electrons. The number of anilines is 1. The highest BCUT2D eigenvalue weighted by atomic mass is 32.2. The Bertz CT molecular complexity index is 1040. The van der Waals surface area contributed by atoms with E-state index in [4.69, 9.17) is 4.74 Å². The number of hydrogen-bond acceptors (Lipinski definition) is 5. The van der Waals surface area contributed by atoms with Crippen molar-refractivity contribution < 1.29 is 22.7 Å². The van der Waals surface area contributed by atoms with Gasteiger partial charge in [-0.3, -0.25) is 9.59 Å². The number of amides is 2. The first-order valence-corrected chi connectivity index (χ1v) is 11.6. The number of rotatable bonds is 7. The highest BCUT2D eigenvalue weighted by Crippen LogP contribution is 2.30. The number of benzene rings is 2. The number of nitrogens with zero attached hydrogens (tertiary/aromatic N) is 1. The van der Waals surface area contributed by atoms with Crippen LogP contribution in [0.15, 0.2) is 53.4 Å². The normalized spacial score (nSPS) is 17.7. The van der Waals surface area contributed by atoms with Crippen molar-refractivity contribution in [1.82, 2.24) is 4.31 Å². The summed E-state index contributed by atoms with van der Waals surface area (Å²) in [4.78, 5) is 24.6. The zero-order valence-corrected chi connectivity index (χ0v) is 17.4. The Morgan fingerprint density at radius 1 is 1.07 bits per heavy atom. The van der Waals surface area contributed by atoms with Crippen LogP contribution in [0.25, 0.3) is 0 Å². The second-order valence-corrected chi connectivity index (χ2v) is 9.41. The van der Waals surface area contributed by atoms with Crippen LogP contribution in [-0.2, 0) is 14.8 Å². The Hall–Kier alpha value is -2.87. The van der Waals surface area contributed by atoms with Gasteiger partial charge in [0.15, 0.2) is 0 Å². The smallest absolute Gasteiger partial charge is 0.269 e. The lowest BCUT2D eigenvalue weighted by Gasteiger charge is -2.15. The molecule has 1 aliphatic carbocycles. The van der Waals surface area contributed by atoms with E-state index in [0.29, 0.717) is 5.69 Å². The van der Waals surface area contributed by atoms with Gasteiger partial charge < -0.3 is 10.1 Å². The fraction of sp³-hybridized carbons (Fsp3) is 0.364. The van der Waals surface area contributed by atoms with E-state index in [1.165, 1.54) is 25.0 Å². The fourth-order valence-corrected chi connectivity index (χ4v) is 5.48. The average Bonchev–Trinajstić information content (AvgIpc) is 3.31. The lowest BCUT2D eigenvalue weighted by molar-refractivity contribution is -0.116. The zero-order valence-electron chi connectivity index (χ0n) is 16.5. The Balaban J connectivity index is 1.27. The van der Waals surface area contributed by atoms with E-state index < -0.39 is 15.9 Å². The molecule has 7 nitrogen and oxygen atoms in total. The van der Waals surface area contributed by atoms with E-state index in [-0.39, 0.29) is 41.9 Å². The summed E-state index contributed by atoms with van der Waals surface area (Å²) in [6.45, 7) is -0.0303. The monoisotopic (exact) mass is 428 g/mol. The molecule has 30 heavy (non-hydrogen) atoms. The van der Waals surface area contributed by atoms with Crippen molar-refractivity contribution in [3.63, 3.8) is 0 Å². The van der Waals surface area contributed by atoms with Crippen molar-refractivity contribution in [2.75, 3.05) is 11.9 Å². The molecule has 1 N–H and O–H groups in total. The summed E-state index contributed by atoms with van der Waals surface area (Å²) >= 11 is 0. The second kappa shape index (κ2) is 8.47. The molecule has 1 aliphatic heterocycles. The van der Waals surface area contributed by atoms with E-state index in [0.717, 1.165) is 22.9 Å². The van der Waals surface area contributed by atoms with Gasteiger partial charge >= 0.3 is 0 Å². The van der Waals surface area contributed by atoms with E-state index in [1.807, 2.05) is 12.1 Å². The molecule has 0 atom stereocenters. The number of hydrogen-bond donors (Lipinski definition) is 1. The maximum atomic E-state index is 12.5. The predicted octanol–water partition coefficient (Wildman–Crippen LogP) is 3.57. The standard InChI is InChI=1S/C22H24N2O5S/c25-21(23-16-11-13-18(14-12-16)29-17-6-1-2-7-17)10-5-15-24-22(26)19-8-3-4-9-20(19)30(24,27)28/h3-4,8-9,11-14,17H,1-2,5-7,10,15H2,(H,23,25). The quantitative estimate of drug-likeness (QED) is 0.728. The van der Waals surface area contributed by atoms with Crippen molar-refractivity contribution in [2.45, 2.75) is 49.5 Å². The van der Waals surface area contributed by atoms with Crippen molar-refractivity contribution in [3.05, 3.63) is 54.1 Å². The van der Waals surface area contributed by atoms with E-state index in [9.17, 15) is 18.0 Å². The molecule has 0 aromatic heterocycles. The molecule has 1 fully saturated rings. The molecule has 2 aliphatic rings. The minimum absolute atomic E-state index is 0.0272. The van der Waals surface area contributed by atoms with Crippen LogP contribution in [0.3, 0.4) is 0 Å². The Labute approximate surface area is 176 Å².